The molecule has 0 aromatic rings. The number of anilines is 2. The van der Waals surface area contributed by atoms with Gasteiger partial charge in [-0.3, -0.25) is 0 Å². The number of fused-ring (bicyclic) bond motifs is 4. The second-order valence-electron chi connectivity index (χ2n) is 4.36. The zero-order chi connectivity index (χ0) is 14.3. The van der Waals surface area contributed by atoms with Gasteiger partial charge in [-0.1, -0.05) is 18.2 Å². The first-order valence-corrected chi connectivity index (χ1v) is 5.87. The Labute approximate surface area is 115 Å². The lowest BCUT2D eigenvalue weighted by Crippen LogP contribution is -2.03. The average molecular weight is 259 g/mol. The van der Waals surface area contributed by atoms with Crippen molar-refractivity contribution in [1.82, 2.24) is 4.98 Å². The Morgan fingerprint density at radius 2 is 1.70 bits per heavy atom. The van der Waals surface area contributed by atoms with Crippen LogP contribution in [0.5, 0.6) is 0 Å². The highest BCUT2D eigenvalue weighted by Gasteiger charge is 2.28. The quantitative estimate of drug-likeness (QED) is 0.642. The smallest absolute Gasteiger partial charge is 0.143 e. The van der Waals surface area contributed by atoms with Gasteiger partial charge in [-0.05, 0) is 11.6 Å². The fraction of sp³-hybridized carbons (Fsp3) is 0. The maximum atomic E-state index is 9.22. The molecule has 0 bridgehead atoms. The number of hydrogen-bond acceptors (Lipinski definition) is 5. The lowest BCUT2D eigenvalue weighted by Gasteiger charge is -2.22. The molecule has 0 amide bonds. The second-order valence-corrected chi connectivity index (χ2v) is 4.36. The van der Waals surface area contributed by atoms with Gasteiger partial charge >= 0.3 is 0 Å². The van der Waals surface area contributed by atoms with Crippen molar-refractivity contribution >= 4 is 11.5 Å². The third-order valence-electron chi connectivity index (χ3n) is 3.34. The van der Waals surface area contributed by atoms with E-state index in [0.29, 0.717) is 11.3 Å². The maximum absolute atomic E-state index is 9.22. The van der Waals surface area contributed by atoms with Gasteiger partial charge in [0.05, 0.1) is 17.3 Å². The van der Waals surface area contributed by atoms with Crippen molar-refractivity contribution in [2.75, 3.05) is 11.5 Å². The first kappa shape index (κ1) is 11.8. The van der Waals surface area contributed by atoms with Gasteiger partial charge in [0.15, 0.2) is 0 Å². The van der Waals surface area contributed by atoms with E-state index < -0.39 is 0 Å². The standard InChI is InChI=1S/C15H9N5/c16-5-8-3-1-2-4-9-12(8)11-7-20-15(19)10(6-17)14(18)13(9)11/h1-4,7H,18H2,(H2,19,20). The van der Waals surface area contributed by atoms with E-state index >= 15 is 0 Å². The summed E-state index contributed by atoms with van der Waals surface area (Å²) in [6.07, 6.45) is 1.56. The van der Waals surface area contributed by atoms with Crippen LogP contribution in [0.4, 0.5) is 11.5 Å². The predicted octanol–water partition coefficient (Wildman–Crippen LogP) is 2.20. The molecule has 0 spiro atoms. The largest absolute Gasteiger partial charge is 0.397 e. The molecule has 1 heterocycles. The lowest BCUT2D eigenvalue weighted by molar-refractivity contribution is 1.35. The first-order valence-electron chi connectivity index (χ1n) is 5.87. The molecule has 0 unspecified atom stereocenters. The Morgan fingerprint density at radius 3 is 2.40 bits per heavy atom. The molecule has 0 saturated heterocycles. The van der Waals surface area contributed by atoms with Crippen LogP contribution >= 0.6 is 0 Å². The number of nitrogens with zero attached hydrogens (tertiary/aromatic N) is 3. The normalized spacial score (nSPS) is 10.3. The summed E-state index contributed by atoms with van der Waals surface area (Å²) >= 11 is 0. The fourth-order valence-corrected chi connectivity index (χ4v) is 2.41. The minimum absolute atomic E-state index is 0.0909. The second kappa shape index (κ2) is 4.11. The average Bonchev–Trinajstić information content (AvgIpc) is 2.65. The summed E-state index contributed by atoms with van der Waals surface area (Å²) in [7, 11) is 0. The summed E-state index contributed by atoms with van der Waals surface area (Å²) in [5, 5.41) is 18.4. The van der Waals surface area contributed by atoms with Crippen molar-refractivity contribution < 1.29 is 0 Å². The van der Waals surface area contributed by atoms with Gasteiger partial charge in [-0.15, -0.1) is 0 Å². The summed E-state index contributed by atoms with van der Waals surface area (Å²) < 4.78 is 0. The molecule has 3 aliphatic rings. The Bertz CT molecular complexity index is 854. The molecule has 3 rings (SSSR count). The van der Waals surface area contributed by atoms with E-state index in [1.54, 1.807) is 18.3 Å². The Hall–Kier alpha value is -3.31. The third-order valence-corrected chi connectivity index (χ3v) is 3.34. The van der Waals surface area contributed by atoms with Crippen LogP contribution in [-0.2, 0) is 0 Å². The number of nitriles is 2. The van der Waals surface area contributed by atoms with Gasteiger partial charge < -0.3 is 11.5 Å². The van der Waals surface area contributed by atoms with Crippen molar-refractivity contribution in [3.05, 3.63) is 41.6 Å². The number of hydrogen-bond donors (Lipinski definition) is 2. The van der Waals surface area contributed by atoms with Crippen LogP contribution in [-0.4, -0.2) is 4.98 Å². The van der Waals surface area contributed by atoms with Gasteiger partial charge in [0, 0.05) is 22.9 Å². The molecule has 1 aliphatic heterocycles. The highest BCUT2D eigenvalue weighted by molar-refractivity contribution is 6.09. The highest BCUT2D eigenvalue weighted by atomic mass is 14.8. The van der Waals surface area contributed by atoms with E-state index in [-0.39, 0.29) is 11.4 Å². The van der Waals surface area contributed by atoms with Crippen molar-refractivity contribution in [2.24, 2.45) is 0 Å². The summed E-state index contributed by atoms with van der Waals surface area (Å²) in [6, 6.07) is 11.4. The van der Waals surface area contributed by atoms with Gasteiger partial charge in [-0.25, -0.2) is 4.98 Å². The first-order chi connectivity index (χ1) is 9.69. The van der Waals surface area contributed by atoms with Crippen LogP contribution in [0.2, 0.25) is 0 Å². The van der Waals surface area contributed by atoms with Gasteiger partial charge in [0.2, 0.25) is 0 Å². The highest BCUT2D eigenvalue weighted by Crippen LogP contribution is 2.51. The topological polar surface area (TPSA) is 113 Å². The van der Waals surface area contributed by atoms with Crippen molar-refractivity contribution in [3.8, 4) is 34.4 Å². The Balaban J connectivity index is 2.50. The molecule has 20 heavy (non-hydrogen) atoms. The molecule has 0 radical (unpaired) electrons. The molecule has 5 heteroatoms. The summed E-state index contributed by atoms with van der Waals surface area (Å²) in [5.74, 6) is 0.0909. The van der Waals surface area contributed by atoms with Crippen LogP contribution in [0.1, 0.15) is 11.1 Å². The maximum Gasteiger partial charge on any atom is 0.143 e. The molecule has 2 aliphatic carbocycles. The molecule has 0 aromatic carbocycles. The molecule has 5 nitrogen and oxygen atoms in total. The molecule has 0 aromatic heterocycles. The van der Waals surface area contributed by atoms with Crippen LogP contribution in [0.15, 0.2) is 30.5 Å². The Morgan fingerprint density at radius 1 is 0.950 bits per heavy atom. The van der Waals surface area contributed by atoms with Crippen molar-refractivity contribution in [1.29, 1.82) is 10.5 Å². The van der Waals surface area contributed by atoms with Crippen LogP contribution in [0, 0.1) is 22.7 Å². The van der Waals surface area contributed by atoms with Gasteiger partial charge in [-0.2, -0.15) is 10.5 Å². The third kappa shape index (κ3) is 1.38. The van der Waals surface area contributed by atoms with Crippen LogP contribution in [0.25, 0.3) is 22.3 Å². The van der Waals surface area contributed by atoms with E-state index in [9.17, 15) is 5.26 Å². The Kier molecular flexibility index (Phi) is 2.42. The van der Waals surface area contributed by atoms with Crippen LogP contribution < -0.4 is 11.5 Å². The summed E-state index contributed by atoms with van der Waals surface area (Å²) in [6.45, 7) is 0. The monoisotopic (exact) mass is 259 g/mol. The van der Waals surface area contributed by atoms with E-state index in [1.807, 2.05) is 18.2 Å². The minimum Gasteiger partial charge on any atom is -0.397 e. The molecular weight excluding hydrogens is 250 g/mol. The SMILES string of the molecule is N#Cc1ccccc2c3c(N)c(C#N)c(N)ncc-3c1-2. The molecule has 94 valence electrons. The molecular formula is C15H9N5. The molecule has 0 saturated carbocycles. The van der Waals surface area contributed by atoms with Gasteiger partial charge in [0.1, 0.15) is 17.5 Å². The zero-order valence-corrected chi connectivity index (χ0v) is 10.4. The van der Waals surface area contributed by atoms with E-state index in [4.69, 9.17) is 16.7 Å². The number of rotatable bonds is 0. The van der Waals surface area contributed by atoms with Crippen molar-refractivity contribution in [3.63, 3.8) is 0 Å². The van der Waals surface area contributed by atoms with Gasteiger partial charge in [0.25, 0.3) is 0 Å². The van der Waals surface area contributed by atoms with E-state index in [0.717, 1.165) is 22.3 Å². The summed E-state index contributed by atoms with van der Waals surface area (Å²) in [4.78, 5) is 4.05. The zero-order valence-electron chi connectivity index (χ0n) is 10.4. The van der Waals surface area contributed by atoms with E-state index in [2.05, 4.69) is 11.1 Å². The number of aromatic nitrogens is 1. The number of nitrogens with two attached hydrogens (primary N) is 2. The lowest BCUT2D eigenvalue weighted by atomic mass is 9.80. The molecule has 4 N–H and O–H groups in total. The van der Waals surface area contributed by atoms with Crippen LogP contribution in [0.3, 0.4) is 0 Å². The predicted molar refractivity (Wildman–Crippen MR) is 75.7 cm³/mol. The molecule has 0 atom stereocenters. The van der Waals surface area contributed by atoms with Crippen molar-refractivity contribution in [2.45, 2.75) is 0 Å². The van der Waals surface area contributed by atoms with E-state index in [1.165, 1.54) is 0 Å². The number of nitrogen functional groups attached to an aromatic ring is 2. The minimum atomic E-state index is 0.0909. The fourth-order valence-electron chi connectivity index (χ4n) is 2.41. The molecule has 0 fully saturated rings. The summed E-state index contributed by atoms with van der Waals surface area (Å²) in [5.41, 5.74) is 15.9.